The number of ether oxygens (including phenoxy) is 1. The summed E-state index contributed by atoms with van der Waals surface area (Å²) in [6.07, 6.45) is 0.791. The fourth-order valence-electron chi connectivity index (χ4n) is 4.54. The second-order valence-electron chi connectivity index (χ2n) is 8.15. The number of hydrogen-bond acceptors (Lipinski definition) is 3. The van der Waals surface area contributed by atoms with Gasteiger partial charge in [-0.1, -0.05) is 58.4 Å². The molecule has 1 atom stereocenters. The van der Waals surface area contributed by atoms with Gasteiger partial charge in [-0.15, -0.1) is 0 Å². The summed E-state index contributed by atoms with van der Waals surface area (Å²) in [6, 6.07) is 26.1. The Labute approximate surface area is 201 Å². The van der Waals surface area contributed by atoms with Gasteiger partial charge in [0.2, 0.25) is 0 Å². The number of rotatable bonds is 6. The van der Waals surface area contributed by atoms with Crippen LogP contribution in [0.5, 0.6) is 5.75 Å². The Balaban J connectivity index is 1.60. The summed E-state index contributed by atoms with van der Waals surface area (Å²) < 4.78 is 8.06. The van der Waals surface area contributed by atoms with Crippen LogP contribution in [-0.4, -0.2) is 34.2 Å². The van der Waals surface area contributed by atoms with Crippen molar-refractivity contribution in [1.29, 1.82) is 0 Å². The van der Waals surface area contributed by atoms with Crippen molar-refractivity contribution in [2.45, 2.75) is 12.5 Å². The number of benzene rings is 3. The van der Waals surface area contributed by atoms with Gasteiger partial charge in [-0.05, 0) is 53.9 Å². The van der Waals surface area contributed by atoms with E-state index in [4.69, 9.17) is 9.84 Å². The van der Waals surface area contributed by atoms with Gasteiger partial charge in [0.15, 0.2) is 0 Å². The van der Waals surface area contributed by atoms with E-state index in [1.54, 1.807) is 11.8 Å². The van der Waals surface area contributed by atoms with Crippen LogP contribution in [-0.2, 0) is 13.5 Å². The predicted octanol–water partition coefficient (Wildman–Crippen LogP) is 5.65. The molecule has 3 aromatic carbocycles. The van der Waals surface area contributed by atoms with Crippen LogP contribution in [0.15, 0.2) is 83.3 Å². The van der Waals surface area contributed by atoms with E-state index in [-0.39, 0.29) is 11.9 Å². The lowest BCUT2D eigenvalue weighted by Crippen LogP contribution is -2.32. The number of fused-ring (bicyclic) bond motifs is 1. The van der Waals surface area contributed by atoms with Gasteiger partial charge in [-0.2, -0.15) is 5.10 Å². The lowest BCUT2D eigenvalue weighted by molar-refractivity contribution is 0.0742. The Hall–Kier alpha value is -3.38. The highest BCUT2D eigenvalue weighted by Gasteiger charge is 2.43. The molecule has 1 aliphatic heterocycles. The minimum Gasteiger partial charge on any atom is -0.497 e. The lowest BCUT2D eigenvalue weighted by atomic mass is 9.96. The molecule has 6 heteroatoms. The first-order valence-electron chi connectivity index (χ1n) is 10.9. The number of methoxy groups -OCH3 is 1. The van der Waals surface area contributed by atoms with Gasteiger partial charge in [0.1, 0.15) is 11.4 Å². The van der Waals surface area contributed by atoms with Crippen molar-refractivity contribution < 1.29 is 9.53 Å². The van der Waals surface area contributed by atoms with Crippen molar-refractivity contribution >= 4 is 21.8 Å². The Morgan fingerprint density at radius 3 is 2.33 bits per heavy atom. The number of amides is 1. The van der Waals surface area contributed by atoms with Crippen molar-refractivity contribution in [2.24, 2.45) is 7.05 Å². The highest BCUT2D eigenvalue weighted by atomic mass is 79.9. The molecule has 1 amide bonds. The Morgan fingerprint density at radius 2 is 1.67 bits per heavy atom. The molecule has 0 aliphatic carbocycles. The largest absolute Gasteiger partial charge is 0.497 e. The van der Waals surface area contributed by atoms with E-state index in [2.05, 4.69) is 40.2 Å². The van der Waals surface area contributed by atoms with E-state index in [0.29, 0.717) is 12.2 Å². The smallest absolute Gasteiger partial charge is 0.273 e. The molecule has 0 saturated carbocycles. The molecule has 1 aromatic heterocycles. The van der Waals surface area contributed by atoms with Crippen LogP contribution in [0.2, 0.25) is 0 Å². The minimum absolute atomic E-state index is 0.0172. The summed E-state index contributed by atoms with van der Waals surface area (Å²) >= 11 is 3.53. The maximum Gasteiger partial charge on any atom is 0.273 e. The topological polar surface area (TPSA) is 47.4 Å². The molecule has 0 radical (unpaired) electrons. The molecular weight excluding hydrogens is 478 g/mol. The molecule has 4 aromatic rings. The number of halogens is 1. The van der Waals surface area contributed by atoms with Crippen LogP contribution >= 0.6 is 15.9 Å². The second kappa shape index (κ2) is 8.87. The standard InChI is InChI=1S/C27H24BrN3O2/c1-30-26-23(24(29-30)19-10-14-22(33-2)15-11-19)25(20-8-12-21(28)13-9-20)31(27(26)32)17-16-18-6-4-3-5-7-18/h3-15,25H,16-17H2,1-2H3/t25-/m0/s1. The van der Waals surface area contributed by atoms with Crippen molar-refractivity contribution in [3.63, 3.8) is 0 Å². The molecule has 0 spiro atoms. The molecule has 0 N–H and O–H groups in total. The van der Waals surface area contributed by atoms with E-state index < -0.39 is 0 Å². The fourth-order valence-corrected chi connectivity index (χ4v) is 4.81. The quantitative estimate of drug-likeness (QED) is 0.343. The fraction of sp³-hybridized carbons (Fsp3) is 0.185. The summed E-state index contributed by atoms with van der Waals surface area (Å²) in [5.74, 6) is 0.806. The van der Waals surface area contributed by atoms with E-state index in [9.17, 15) is 4.79 Å². The third-order valence-corrected chi connectivity index (χ3v) is 6.69. The van der Waals surface area contributed by atoms with E-state index in [0.717, 1.165) is 39.0 Å². The van der Waals surface area contributed by atoms with E-state index in [1.807, 2.05) is 66.5 Å². The van der Waals surface area contributed by atoms with Crippen LogP contribution in [0.3, 0.4) is 0 Å². The molecule has 5 rings (SSSR count). The normalized spacial score (nSPS) is 15.1. The lowest BCUT2D eigenvalue weighted by Gasteiger charge is -2.26. The zero-order valence-corrected chi connectivity index (χ0v) is 20.1. The SMILES string of the molecule is COc1ccc(-c2nn(C)c3c2[C@H](c2ccc(Br)cc2)N(CCc2ccccc2)C3=O)cc1. The third-order valence-electron chi connectivity index (χ3n) is 6.17. The Morgan fingerprint density at radius 1 is 0.970 bits per heavy atom. The minimum atomic E-state index is -0.199. The maximum atomic E-state index is 13.7. The first-order valence-corrected chi connectivity index (χ1v) is 11.7. The van der Waals surface area contributed by atoms with E-state index >= 15 is 0 Å². The van der Waals surface area contributed by atoms with Gasteiger partial charge >= 0.3 is 0 Å². The summed E-state index contributed by atoms with van der Waals surface area (Å²) in [4.78, 5) is 15.7. The molecular formula is C27H24BrN3O2. The average Bonchev–Trinajstić information content (AvgIpc) is 3.34. The monoisotopic (exact) mass is 501 g/mol. The van der Waals surface area contributed by atoms with Crippen molar-refractivity contribution in [3.05, 3.63) is 106 Å². The number of nitrogens with zero attached hydrogens (tertiary/aromatic N) is 3. The molecule has 166 valence electrons. The molecule has 0 saturated heterocycles. The summed E-state index contributed by atoms with van der Waals surface area (Å²) in [5.41, 5.74) is 5.70. The molecule has 0 unspecified atom stereocenters. The zero-order chi connectivity index (χ0) is 22.9. The summed E-state index contributed by atoms with van der Waals surface area (Å²) in [5, 5.41) is 4.77. The Bertz CT molecular complexity index is 1280. The molecule has 0 bridgehead atoms. The number of carbonyl (C=O) groups excluding carboxylic acids is 1. The van der Waals surface area contributed by atoms with Gasteiger partial charge < -0.3 is 9.64 Å². The average molecular weight is 502 g/mol. The van der Waals surface area contributed by atoms with E-state index in [1.165, 1.54) is 5.56 Å². The highest BCUT2D eigenvalue weighted by molar-refractivity contribution is 9.10. The number of hydrogen-bond donors (Lipinski definition) is 0. The second-order valence-corrected chi connectivity index (χ2v) is 9.07. The zero-order valence-electron chi connectivity index (χ0n) is 18.5. The van der Waals surface area contributed by atoms with Gasteiger partial charge in [-0.25, -0.2) is 0 Å². The molecule has 2 heterocycles. The number of aromatic nitrogens is 2. The van der Waals surface area contributed by atoms with Crippen molar-refractivity contribution in [3.8, 4) is 17.0 Å². The van der Waals surface area contributed by atoms with Crippen LogP contribution in [0.4, 0.5) is 0 Å². The molecule has 0 fully saturated rings. The highest BCUT2D eigenvalue weighted by Crippen LogP contribution is 2.44. The van der Waals surface area contributed by atoms with Crippen LogP contribution in [0, 0.1) is 0 Å². The van der Waals surface area contributed by atoms with Crippen LogP contribution in [0.1, 0.15) is 33.2 Å². The molecule has 1 aliphatic rings. The summed E-state index contributed by atoms with van der Waals surface area (Å²) in [7, 11) is 3.50. The van der Waals surface area contributed by atoms with Crippen LogP contribution < -0.4 is 4.74 Å². The van der Waals surface area contributed by atoms with Crippen molar-refractivity contribution in [2.75, 3.05) is 13.7 Å². The van der Waals surface area contributed by atoms with Gasteiger partial charge in [0.05, 0.1) is 18.8 Å². The number of carbonyl (C=O) groups is 1. The summed E-state index contributed by atoms with van der Waals surface area (Å²) in [6.45, 7) is 0.625. The third kappa shape index (κ3) is 3.95. The van der Waals surface area contributed by atoms with Crippen LogP contribution in [0.25, 0.3) is 11.3 Å². The van der Waals surface area contributed by atoms with Gasteiger partial charge in [0, 0.05) is 29.2 Å². The molecule has 5 nitrogen and oxygen atoms in total. The molecule has 33 heavy (non-hydrogen) atoms. The van der Waals surface area contributed by atoms with Crippen molar-refractivity contribution in [1.82, 2.24) is 14.7 Å². The predicted molar refractivity (Wildman–Crippen MR) is 132 cm³/mol. The van der Waals surface area contributed by atoms with Gasteiger partial charge in [-0.3, -0.25) is 9.48 Å². The number of aryl methyl sites for hydroxylation is 1. The Kier molecular flexibility index (Phi) is 5.77. The first kappa shape index (κ1) is 21.5. The maximum absolute atomic E-state index is 13.7. The first-order chi connectivity index (χ1) is 16.1. The van der Waals surface area contributed by atoms with Gasteiger partial charge in [0.25, 0.3) is 5.91 Å².